The lowest BCUT2D eigenvalue weighted by Crippen LogP contribution is -2.47. The number of imide groups is 1. The molecule has 2 fully saturated rings. The quantitative estimate of drug-likeness (QED) is 0.646. The van der Waals surface area contributed by atoms with E-state index in [-0.39, 0.29) is 18.0 Å². The summed E-state index contributed by atoms with van der Waals surface area (Å²) in [5, 5.41) is 8.61. The average Bonchev–Trinajstić information content (AvgIpc) is 3.23. The Kier molecular flexibility index (Phi) is 6.45. The van der Waals surface area contributed by atoms with E-state index in [4.69, 9.17) is 0 Å². The zero-order chi connectivity index (χ0) is 15.1. The molecule has 2 rings (SSSR count). The summed E-state index contributed by atoms with van der Waals surface area (Å²) < 4.78 is 0. The largest absolute Gasteiger partial charge is 0.335 e. The van der Waals surface area contributed by atoms with Crippen LogP contribution in [-0.4, -0.2) is 55.6 Å². The Balaban J connectivity index is 1.71. The summed E-state index contributed by atoms with van der Waals surface area (Å²) in [6.07, 6.45) is 5.50. The van der Waals surface area contributed by atoms with Gasteiger partial charge in [0.1, 0.15) is 0 Å². The molecule has 3 N–H and O–H groups in total. The van der Waals surface area contributed by atoms with Crippen molar-refractivity contribution in [3.63, 3.8) is 0 Å². The topological polar surface area (TPSA) is 73.5 Å². The van der Waals surface area contributed by atoms with Crippen LogP contribution < -0.4 is 16.0 Å². The van der Waals surface area contributed by atoms with Crippen LogP contribution in [-0.2, 0) is 4.79 Å². The van der Waals surface area contributed by atoms with Gasteiger partial charge in [-0.3, -0.25) is 15.0 Å². The fraction of sp³-hybridized carbons (Fsp3) is 0.867. The number of carbonyl (C=O) groups is 2. The van der Waals surface area contributed by atoms with Gasteiger partial charge in [0.2, 0.25) is 5.91 Å². The van der Waals surface area contributed by atoms with Crippen molar-refractivity contribution in [2.45, 2.75) is 45.1 Å². The lowest BCUT2D eigenvalue weighted by molar-refractivity contribution is -0.121. The Morgan fingerprint density at radius 1 is 1.29 bits per heavy atom. The van der Waals surface area contributed by atoms with Crippen LogP contribution in [0.2, 0.25) is 0 Å². The smallest absolute Gasteiger partial charge is 0.321 e. The second kappa shape index (κ2) is 8.34. The van der Waals surface area contributed by atoms with Crippen molar-refractivity contribution in [2.24, 2.45) is 5.92 Å². The summed E-state index contributed by atoms with van der Waals surface area (Å²) in [7, 11) is 0. The number of amides is 3. The average molecular weight is 296 g/mol. The number of hydrogen-bond acceptors (Lipinski definition) is 4. The summed E-state index contributed by atoms with van der Waals surface area (Å²) in [5.74, 6) is 0.406. The van der Waals surface area contributed by atoms with Crippen molar-refractivity contribution in [1.29, 1.82) is 0 Å². The molecular formula is C15H28N4O2. The van der Waals surface area contributed by atoms with Gasteiger partial charge in [-0.15, -0.1) is 0 Å². The molecule has 1 saturated heterocycles. The number of hydrogen-bond donors (Lipinski definition) is 3. The van der Waals surface area contributed by atoms with Gasteiger partial charge >= 0.3 is 6.03 Å². The van der Waals surface area contributed by atoms with E-state index in [1.165, 1.54) is 12.8 Å². The molecule has 0 radical (unpaired) electrons. The first kappa shape index (κ1) is 16.2. The first-order valence-corrected chi connectivity index (χ1v) is 8.20. The number of carbonyl (C=O) groups excluding carboxylic acids is 2. The lowest BCUT2D eigenvalue weighted by atomic mass is 9.99. The maximum Gasteiger partial charge on any atom is 0.321 e. The highest BCUT2D eigenvalue weighted by Gasteiger charge is 2.24. The third-order valence-electron chi connectivity index (χ3n) is 3.99. The van der Waals surface area contributed by atoms with Crippen LogP contribution in [0.4, 0.5) is 4.79 Å². The Morgan fingerprint density at radius 2 is 2.10 bits per heavy atom. The molecule has 1 aliphatic heterocycles. The SMILES string of the molecule is CCCN(CC(=O)NC(=O)NC1CC1)CC1CCCNC1. The number of piperidine rings is 1. The highest BCUT2D eigenvalue weighted by atomic mass is 16.2. The molecule has 3 amide bonds. The van der Waals surface area contributed by atoms with Gasteiger partial charge < -0.3 is 10.6 Å². The van der Waals surface area contributed by atoms with Gasteiger partial charge in [0, 0.05) is 12.6 Å². The van der Waals surface area contributed by atoms with E-state index >= 15 is 0 Å². The molecular weight excluding hydrogens is 268 g/mol. The number of rotatable bonds is 7. The zero-order valence-corrected chi connectivity index (χ0v) is 13.0. The molecule has 0 spiro atoms. The van der Waals surface area contributed by atoms with Crippen molar-refractivity contribution in [3.8, 4) is 0 Å². The molecule has 1 saturated carbocycles. The van der Waals surface area contributed by atoms with E-state index in [1.54, 1.807) is 0 Å². The molecule has 1 heterocycles. The number of nitrogens with zero attached hydrogens (tertiary/aromatic N) is 1. The van der Waals surface area contributed by atoms with Crippen LogP contribution in [0, 0.1) is 5.92 Å². The van der Waals surface area contributed by atoms with E-state index in [0.29, 0.717) is 12.5 Å². The summed E-state index contributed by atoms with van der Waals surface area (Å²) in [6.45, 7) is 6.38. The second-order valence-corrected chi connectivity index (χ2v) is 6.24. The third kappa shape index (κ3) is 6.44. The number of nitrogens with one attached hydrogen (secondary N) is 3. The van der Waals surface area contributed by atoms with Crippen LogP contribution in [0.3, 0.4) is 0 Å². The predicted octanol–water partition coefficient (Wildman–Crippen LogP) is 0.686. The molecule has 0 aromatic rings. The highest BCUT2D eigenvalue weighted by Crippen LogP contribution is 2.18. The Labute approximate surface area is 127 Å². The molecule has 0 aromatic carbocycles. The Bertz CT molecular complexity index is 352. The summed E-state index contributed by atoms with van der Waals surface area (Å²) in [6, 6.07) is -0.0730. The summed E-state index contributed by atoms with van der Waals surface area (Å²) in [5.41, 5.74) is 0. The first-order chi connectivity index (χ1) is 10.2. The lowest BCUT2D eigenvalue weighted by Gasteiger charge is -2.29. The predicted molar refractivity (Wildman–Crippen MR) is 82.0 cm³/mol. The number of urea groups is 1. The van der Waals surface area contributed by atoms with Crippen molar-refractivity contribution >= 4 is 11.9 Å². The third-order valence-corrected chi connectivity index (χ3v) is 3.99. The summed E-state index contributed by atoms with van der Waals surface area (Å²) >= 11 is 0. The van der Waals surface area contributed by atoms with E-state index < -0.39 is 0 Å². The fourth-order valence-corrected chi connectivity index (χ4v) is 2.81. The molecule has 21 heavy (non-hydrogen) atoms. The Morgan fingerprint density at radius 3 is 2.71 bits per heavy atom. The van der Waals surface area contributed by atoms with E-state index in [9.17, 15) is 9.59 Å². The second-order valence-electron chi connectivity index (χ2n) is 6.24. The first-order valence-electron chi connectivity index (χ1n) is 8.20. The van der Waals surface area contributed by atoms with E-state index in [0.717, 1.165) is 45.4 Å². The van der Waals surface area contributed by atoms with Gasteiger partial charge in [-0.1, -0.05) is 6.92 Å². The minimum absolute atomic E-state index is 0.203. The van der Waals surface area contributed by atoms with Gasteiger partial charge in [-0.05, 0) is 57.7 Å². The Hall–Kier alpha value is -1.14. The molecule has 6 nitrogen and oxygen atoms in total. The monoisotopic (exact) mass is 296 g/mol. The molecule has 2 aliphatic rings. The van der Waals surface area contributed by atoms with Gasteiger partial charge in [0.25, 0.3) is 0 Å². The van der Waals surface area contributed by atoms with Gasteiger partial charge in [0.05, 0.1) is 6.54 Å². The van der Waals surface area contributed by atoms with Crippen molar-refractivity contribution < 1.29 is 9.59 Å². The van der Waals surface area contributed by atoms with Crippen LogP contribution in [0.1, 0.15) is 39.0 Å². The minimum Gasteiger partial charge on any atom is -0.335 e. The standard InChI is InChI=1S/C15H28N4O2/c1-2-8-19(10-12-4-3-7-16-9-12)11-14(20)18-15(21)17-13-5-6-13/h12-13,16H,2-11H2,1H3,(H2,17,18,20,21). The van der Waals surface area contributed by atoms with Gasteiger partial charge in [0.15, 0.2) is 0 Å². The van der Waals surface area contributed by atoms with Crippen molar-refractivity contribution in [1.82, 2.24) is 20.9 Å². The van der Waals surface area contributed by atoms with Gasteiger partial charge in [-0.2, -0.15) is 0 Å². The molecule has 1 unspecified atom stereocenters. The highest BCUT2D eigenvalue weighted by molar-refractivity contribution is 5.95. The van der Waals surface area contributed by atoms with Crippen molar-refractivity contribution in [2.75, 3.05) is 32.7 Å². The van der Waals surface area contributed by atoms with Gasteiger partial charge in [-0.25, -0.2) is 4.79 Å². The molecule has 0 aromatic heterocycles. The van der Waals surface area contributed by atoms with Crippen LogP contribution >= 0.6 is 0 Å². The molecule has 6 heteroatoms. The zero-order valence-electron chi connectivity index (χ0n) is 13.0. The molecule has 120 valence electrons. The molecule has 1 aliphatic carbocycles. The van der Waals surface area contributed by atoms with Crippen LogP contribution in [0.5, 0.6) is 0 Å². The summed E-state index contributed by atoms with van der Waals surface area (Å²) in [4.78, 5) is 25.7. The van der Waals surface area contributed by atoms with E-state index in [1.807, 2.05) is 0 Å². The van der Waals surface area contributed by atoms with E-state index in [2.05, 4.69) is 27.8 Å². The normalized spacial score (nSPS) is 22.1. The van der Waals surface area contributed by atoms with Crippen LogP contribution in [0.25, 0.3) is 0 Å². The molecule has 0 bridgehead atoms. The maximum absolute atomic E-state index is 12.0. The maximum atomic E-state index is 12.0. The minimum atomic E-state index is -0.349. The van der Waals surface area contributed by atoms with Crippen LogP contribution in [0.15, 0.2) is 0 Å². The molecule has 1 atom stereocenters. The van der Waals surface area contributed by atoms with Crippen molar-refractivity contribution in [3.05, 3.63) is 0 Å². The fourth-order valence-electron chi connectivity index (χ4n) is 2.81.